The highest BCUT2D eigenvalue weighted by Gasteiger charge is 2.50. The van der Waals surface area contributed by atoms with Crippen LogP contribution in [0.3, 0.4) is 0 Å². The topological polar surface area (TPSA) is 71.0 Å². The monoisotopic (exact) mass is 448 g/mol. The van der Waals surface area contributed by atoms with Crippen LogP contribution in [0, 0.1) is 30.4 Å². The Balaban J connectivity index is 1.77. The molecule has 0 bridgehead atoms. The van der Waals surface area contributed by atoms with Crippen LogP contribution in [0.5, 0.6) is 0 Å². The second-order valence-corrected chi connectivity index (χ2v) is 8.80. The van der Waals surface area contributed by atoms with Crippen LogP contribution >= 0.6 is 0 Å². The smallest absolute Gasteiger partial charge is 0.337 e. The largest absolute Gasteiger partial charge is 0.504 e. The fourth-order valence-electron chi connectivity index (χ4n) is 5.80. The van der Waals surface area contributed by atoms with E-state index in [1.807, 2.05) is 6.08 Å². The fourth-order valence-corrected chi connectivity index (χ4v) is 5.80. The SMILES string of the molecule is CCC1CN2C(CO)=C[C@@H]3c4c(C)c(F)cc(F)c4NC3C2CC1/C(=C\OC)C(=O)OC. The molecular weight excluding hydrogens is 418 g/mol. The minimum absolute atomic E-state index is 0.125. The minimum atomic E-state index is -0.615. The van der Waals surface area contributed by atoms with Crippen molar-refractivity contribution in [1.82, 2.24) is 4.90 Å². The number of aliphatic hydroxyl groups excluding tert-OH is 1. The third-order valence-electron chi connectivity index (χ3n) is 7.36. The van der Waals surface area contributed by atoms with Crippen molar-refractivity contribution in [1.29, 1.82) is 0 Å². The lowest BCUT2D eigenvalue weighted by Gasteiger charge is -2.51. The third-order valence-corrected chi connectivity index (χ3v) is 7.36. The van der Waals surface area contributed by atoms with Gasteiger partial charge in [0.2, 0.25) is 0 Å². The zero-order valence-electron chi connectivity index (χ0n) is 18.8. The third kappa shape index (κ3) is 3.45. The van der Waals surface area contributed by atoms with Gasteiger partial charge in [-0.25, -0.2) is 13.6 Å². The van der Waals surface area contributed by atoms with E-state index in [0.717, 1.165) is 18.2 Å². The number of hydrogen-bond acceptors (Lipinski definition) is 6. The van der Waals surface area contributed by atoms with Crippen molar-refractivity contribution in [3.8, 4) is 0 Å². The maximum absolute atomic E-state index is 14.7. The predicted molar refractivity (Wildman–Crippen MR) is 116 cm³/mol. The first-order valence-corrected chi connectivity index (χ1v) is 11.0. The first kappa shape index (κ1) is 22.6. The number of nitrogens with one attached hydrogen (secondary N) is 1. The number of hydrogen-bond donors (Lipinski definition) is 2. The molecule has 174 valence electrons. The minimum Gasteiger partial charge on any atom is -0.504 e. The number of halogens is 2. The lowest BCUT2D eigenvalue weighted by molar-refractivity contribution is -0.137. The molecule has 1 aromatic carbocycles. The van der Waals surface area contributed by atoms with E-state index in [0.29, 0.717) is 35.4 Å². The Morgan fingerprint density at radius 3 is 2.72 bits per heavy atom. The van der Waals surface area contributed by atoms with Crippen LogP contribution in [0.25, 0.3) is 0 Å². The highest BCUT2D eigenvalue weighted by molar-refractivity contribution is 5.88. The number of nitrogens with zero attached hydrogens (tertiary/aromatic N) is 1. The molecule has 1 fully saturated rings. The molecule has 32 heavy (non-hydrogen) atoms. The Morgan fingerprint density at radius 2 is 2.09 bits per heavy atom. The number of esters is 1. The molecule has 3 heterocycles. The predicted octanol–water partition coefficient (Wildman–Crippen LogP) is 3.46. The second kappa shape index (κ2) is 8.73. The number of piperidine rings is 1. The van der Waals surface area contributed by atoms with Crippen molar-refractivity contribution in [2.24, 2.45) is 11.8 Å². The van der Waals surface area contributed by atoms with E-state index in [9.17, 15) is 18.7 Å². The summed E-state index contributed by atoms with van der Waals surface area (Å²) >= 11 is 0. The molecule has 0 aromatic heterocycles. The molecule has 2 N–H and O–H groups in total. The highest BCUT2D eigenvalue weighted by atomic mass is 19.1. The molecule has 0 radical (unpaired) electrons. The van der Waals surface area contributed by atoms with Crippen molar-refractivity contribution >= 4 is 11.7 Å². The van der Waals surface area contributed by atoms with Crippen molar-refractivity contribution in [3.63, 3.8) is 0 Å². The van der Waals surface area contributed by atoms with E-state index < -0.39 is 17.6 Å². The van der Waals surface area contributed by atoms with Gasteiger partial charge in [-0.15, -0.1) is 0 Å². The summed E-state index contributed by atoms with van der Waals surface area (Å²) in [7, 11) is 2.85. The molecule has 1 saturated heterocycles. The lowest BCUT2D eigenvalue weighted by Crippen LogP contribution is -2.57. The molecule has 4 unspecified atom stereocenters. The quantitative estimate of drug-likeness (QED) is 0.409. The normalized spacial score (nSPS) is 28.8. The van der Waals surface area contributed by atoms with E-state index in [2.05, 4.69) is 17.1 Å². The van der Waals surface area contributed by atoms with E-state index in [-0.39, 0.29) is 36.4 Å². The Morgan fingerprint density at radius 1 is 1.34 bits per heavy atom. The maximum Gasteiger partial charge on any atom is 0.337 e. The number of anilines is 1. The summed E-state index contributed by atoms with van der Waals surface area (Å²) < 4.78 is 39.2. The van der Waals surface area contributed by atoms with Gasteiger partial charge < -0.3 is 24.8 Å². The lowest BCUT2D eigenvalue weighted by atomic mass is 9.71. The van der Waals surface area contributed by atoms with Gasteiger partial charge in [-0.3, -0.25) is 0 Å². The van der Waals surface area contributed by atoms with Gasteiger partial charge in [-0.05, 0) is 30.4 Å². The number of benzene rings is 1. The molecule has 4 rings (SSSR count). The summed E-state index contributed by atoms with van der Waals surface area (Å²) in [4.78, 5) is 14.7. The molecule has 0 spiro atoms. The number of carbonyl (C=O) groups is 1. The average molecular weight is 449 g/mol. The van der Waals surface area contributed by atoms with Crippen LogP contribution in [-0.2, 0) is 14.3 Å². The fraction of sp³-hybridized carbons (Fsp3) is 0.542. The first-order valence-electron chi connectivity index (χ1n) is 11.0. The zero-order valence-corrected chi connectivity index (χ0v) is 18.8. The number of rotatable bonds is 5. The van der Waals surface area contributed by atoms with Crippen molar-refractivity contribution in [2.45, 2.75) is 44.7 Å². The maximum atomic E-state index is 14.7. The molecule has 5 atom stereocenters. The Labute approximate surface area is 186 Å². The van der Waals surface area contributed by atoms with Crippen LogP contribution in [-0.4, -0.2) is 55.4 Å². The summed E-state index contributed by atoms with van der Waals surface area (Å²) in [5.74, 6) is -1.88. The number of carbonyl (C=O) groups excluding carboxylic acids is 1. The molecule has 0 saturated carbocycles. The summed E-state index contributed by atoms with van der Waals surface area (Å²) in [6.45, 7) is 4.20. The molecule has 8 heteroatoms. The second-order valence-electron chi connectivity index (χ2n) is 8.80. The molecule has 3 aliphatic heterocycles. The van der Waals surface area contributed by atoms with Crippen LogP contribution in [0.15, 0.2) is 29.7 Å². The van der Waals surface area contributed by atoms with E-state index >= 15 is 0 Å². The van der Waals surface area contributed by atoms with Crippen LogP contribution in [0.2, 0.25) is 0 Å². The van der Waals surface area contributed by atoms with Gasteiger partial charge in [0.05, 0.1) is 50.4 Å². The van der Waals surface area contributed by atoms with Gasteiger partial charge in [-0.1, -0.05) is 19.4 Å². The summed E-state index contributed by atoms with van der Waals surface area (Å²) in [5, 5.41) is 13.4. The molecule has 6 nitrogen and oxygen atoms in total. The number of methoxy groups -OCH3 is 2. The molecule has 1 aromatic rings. The molecule has 3 aliphatic rings. The van der Waals surface area contributed by atoms with Gasteiger partial charge in [0.15, 0.2) is 0 Å². The number of aliphatic hydroxyl groups is 1. The van der Waals surface area contributed by atoms with Gasteiger partial charge in [-0.2, -0.15) is 0 Å². The molecule has 0 aliphatic carbocycles. The average Bonchev–Trinajstić information content (AvgIpc) is 3.19. The highest BCUT2D eigenvalue weighted by Crippen LogP contribution is 2.50. The van der Waals surface area contributed by atoms with Gasteiger partial charge in [0, 0.05) is 30.1 Å². The Hall–Kier alpha value is -2.61. The Bertz CT molecular complexity index is 977. The van der Waals surface area contributed by atoms with Crippen molar-refractivity contribution in [3.05, 3.63) is 52.4 Å². The standard InChI is InChI=1S/C24H30F2N2O4/c1-5-13-9-28-14(10-29)6-16-21-12(2)18(25)8-19(26)23(21)27-22(16)20(28)7-15(13)17(11-31-3)24(30)32-4/h6,8,11,13,15-16,20,22,27,29H,5,7,9-10H2,1-4H3/b17-11+/t13?,15?,16-,20?,22?/m1/s1. The van der Waals surface area contributed by atoms with Crippen LogP contribution in [0.1, 0.15) is 36.8 Å². The zero-order chi connectivity index (χ0) is 23.2. The van der Waals surface area contributed by atoms with E-state index in [1.165, 1.54) is 20.5 Å². The van der Waals surface area contributed by atoms with Crippen LogP contribution in [0.4, 0.5) is 14.5 Å². The summed E-state index contributed by atoms with van der Waals surface area (Å²) in [5.41, 5.74) is 2.57. The van der Waals surface area contributed by atoms with Gasteiger partial charge in [0.1, 0.15) is 11.6 Å². The molecule has 0 amide bonds. The summed E-state index contributed by atoms with van der Waals surface area (Å²) in [6, 6.07) is 0.580. The van der Waals surface area contributed by atoms with Crippen LogP contribution < -0.4 is 5.32 Å². The Kier molecular flexibility index (Phi) is 6.16. The first-order chi connectivity index (χ1) is 15.4. The van der Waals surface area contributed by atoms with E-state index in [4.69, 9.17) is 9.47 Å². The van der Waals surface area contributed by atoms with Crippen molar-refractivity contribution in [2.75, 3.05) is 32.7 Å². The van der Waals surface area contributed by atoms with Crippen molar-refractivity contribution < 1.29 is 28.2 Å². The van der Waals surface area contributed by atoms with E-state index in [1.54, 1.807) is 6.92 Å². The number of fused-ring (bicyclic) bond motifs is 5. The molecular formula is C24H30F2N2O4. The summed E-state index contributed by atoms with van der Waals surface area (Å²) in [6.07, 6.45) is 4.80. The van der Waals surface area contributed by atoms with Gasteiger partial charge in [0.25, 0.3) is 0 Å². The number of ether oxygens (including phenoxy) is 2. The van der Waals surface area contributed by atoms with Gasteiger partial charge >= 0.3 is 5.97 Å².